The summed E-state index contributed by atoms with van der Waals surface area (Å²) >= 11 is 0. The van der Waals surface area contributed by atoms with Crippen LogP contribution in [0.25, 0.3) is 0 Å². The number of anilines is 1. The van der Waals surface area contributed by atoms with Gasteiger partial charge in [-0.15, -0.1) is 0 Å². The Morgan fingerprint density at radius 3 is 2.60 bits per heavy atom. The number of nitrogens with two attached hydrogens (primary N) is 1. The van der Waals surface area contributed by atoms with E-state index in [9.17, 15) is 0 Å². The lowest BCUT2D eigenvalue weighted by atomic mass is 10.2. The second-order valence-electron chi connectivity index (χ2n) is 4.27. The van der Waals surface area contributed by atoms with Crippen LogP contribution in [0.4, 0.5) is 5.69 Å². The Morgan fingerprint density at radius 2 is 1.85 bits per heavy atom. The average molecular weight is 273 g/mol. The van der Waals surface area contributed by atoms with Gasteiger partial charge in [-0.2, -0.15) is 0 Å². The van der Waals surface area contributed by atoms with Gasteiger partial charge in [-0.1, -0.05) is 12.1 Å². The molecule has 4 heteroatoms. The topological polar surface area (TPSA) is 53.7 Å². The second kappa shape index (κ2) is 6.70. The summed E-state index contributed by atoms with van der Waals surface area (Å²) in [4.78, 5) is 0. The molecular weight excluding hydrogens is 254 g/mol. The van der Waals surface area contributed by atoms with Crippen LogP contribution in [0.2, 0.25) is 0 Å². The molecule has 2 N–H and O–H groups in total. The molecule has 0 aromatic heterocycles. The van der Waals surface area contributed by atoms with E-state index in [1.807, 2.05) is 37.3 Å². The Balaban J connectivity index is 2.04. The first-order chi connectivity index (χ1) is 9.72. The summed E-state index contributed by atoms with van der Waals surface area (Å²) < 4.78 is 16.4. The smallest absolute Gasteiger partial charge is 0.145 e. The Kier molecular flexibility index (Phi) is 4.71. The van der Waals surface area contributed by atoms with E-state index in [0.717, 1.165) is 17.1 Å². The van der Waals surface area contributed by atoms with Gasteiger partial charge in [0.15, 0.2) is 0 Å². The third kappa shape index (κ3) is 3.57. The van der Waals surface area contributed by atoms with Crippen molar-refractivity contribution in [3.63, 3.8) is 0 Å². The Hall–Kier alpha value is -2.36. The maximum Gasteiger partial charge on any atom is 0.145 e. The molecule has 0 aliphatic rings. The van der Waals surface area contributed by atoms with Crippen molar-refractivity contribution >= 4 is 5.69 Å². The average Bonchev–Trinajstić information content (AvgIpc) is 2.48. The van der Waals surface area contributed by atoms with E-state index in [1.54, 1.807) is 19.2 Å². The van der Waals surface area contributed by atoms with Crippen LogP contribution in [0.3, 0.4) is 0 Å². The molecule has 0 radical (unpaired) electrons. The summed E-state index contributed by atoms with van der Waals surface area (Å²) in [5, 5.41) is 0. The van der Waals surface area contributed by atoms with Gasteiger partial charge in [-0.05, 0) is 36.8 Å². The molecular formula is C16H19NO3. The van der Waals surface area contributed by atoms with Crippen LogP contribution >= 0.6 is 0 Å². The van der Waals surface area contributed by atoms with Gasteiger partial charge < -0.3 is 19.9 Å². The monoisotopic (exact) mass is 273 g/mol. The lowest BCUT2D eigenvalue weighted by Gasteiger charge is -2.11. The van der Waals surface area contributed by atoms with Crippen LogP contribution < -0.4 is 19.9 Å². The largest absolute Gasteiger partial charge is 0.497 e. The fraction of sp³-hybridized carbons (Fsp3) is 0.250. The normalized spacial score (nSPS) is 10.1. The predicted octanol–water partition coefficient (Wildman–Crippen LogP) is 3.26. The summed E-state index contributed by atoms with van der Waals surface area (Å²) in [5.74, 6) is 2.19. The van der Waals surface area contributed by atoms with Gasteiger partial charge in [0.05, 0.1) is 19.4 Å². The van der Waals surface area contributed by atoms with Crippen LogP contribution in [0.1, 0.15) is 12.5 Å². The maximum absolute atomic E-state index is 5.82. The number of nitrogen functional groups attached to an aromatic ring is 1. The summed E-state index contributed by atoms with van der Waals surface area (Å²) in [5.41, 5.74) is 7.48. The zero-order chi connectivity index (χ0) is 14.4. The number of ether oxygens (including phenoxy) is 3. The molecule has 4 nitrogen and oxygen atoms in total. The fourth-order valence-electron chi connectivity index (χ4n) is 1.81. The molecule has 0 aliphatic carbocycles. The molecule has 0 amide bonds. The molecule has 0 heterocycles. The number of hydrogen-bond donors (Lipinski definition) is 1. The molecule has 0 aliphatic heterocycles. The van der Waals surface area contributed by atoms with E-state index >= 15 is 0 Å². The number of methoxy groups -OCH3 is 1. The van der Waals surface area contributed by atoms with Gasteiger partial charge in [-0.3, -0.25) is 0 Å². The highest BCUT2D eigenvalue weighted by Gasteiger charge is 2.03. The first-order valence-electron chi connectivity index (χ1n) is 6.51. The van der Waals surface area contributed by atoms with Crippen molar-refractivity contribution in [3.05, 3.63) is 48.0 Å². The van der Waals surface area contributed by atoms with Crippen molar-refractivity contribution in [3.8, 4) is 17.2 Å². The number of benzene rings is 2. The number of rotatable bonds is 6. The highest BCUT2D eigenvalue weighted by atomic mass is 16.5. The minimum absolute atomic E-state index is 0.465. The quantitative estimate of drug-likeness (QED) is 0.821. The van der Waals surface area contributed by atoms with Gasteiger partial charge in [0.1, 0.15) is 23.9 Å². The van der Waals surface area contributed by atoms with E-state index in [4.69, 9.17) is 19.9 Å². The molecule has 2 aromatic carbocycles. The zero-order valence-electron chi connectivity index (χ0n) is 11.8. The van der Waals surface area contributed by atoms with Crippen LogP contribution in [-0.4, -0.2) is 13.7 Å². The molecule has 106 valence electrons. The molecule has 0 atom stereocenters. The van der Waals surface area contributed by atoms with Crippen LogP contribution in [0.5, 0.6) is 17.2 Å². The van der Waals surface area contributed by atoms with Gasteiger partial charge in [-0.25, -0.2) is 0 Å². The summed E-state index contributed by atoms with van der Waals surface area (Å²) in [6, 6.07) is 13.2. The molecule has 0 saturated heterocycles. The molecule has 0 unspecified atom stereocenters. The second-order valence-corrected chi connectivity index (χ2v) is 4.27. The molecule has 0 spiro atoms. The van der Waals surface area contributed by atoms with Gasteiger partial charge in [0, 0.05) is 6.07 Å². The fourth-order valence-corrected chi connectivity index (χ4v) is 1.81. The molecule has 2 rings (SSSR count). The van der Waals surface area contributed by atoms with Crippen molar-refractivity contribution in [2.75, 3.05) is 19.5 Å². The minimum Gasteiger partial charge on any atom is -0.497 e. The van der Waals surface area contributed by atoms with Crippen LogP contribution in [0.15, 0.2) is 42.5 Å². The van der Waals surface area contributed by atoms with Gasteiger partial charge in [0.2, 0.25) is 0 Å². The highest BCUT2D eigenvalue weighted by Crippen LogP contribution is 2.27. The molecule has 20 heavy (non-hydrogen) atoms. The molecule has 0 fully saturated rings. The maximum atomic E-state index is 5.82. The van der Waals surface area contributed by atoms with Crippen molar-refractivity contribution in [1.29, 1.82) is 0 Å². The minimum atomic E-state index is 0.465. The Bertz CT molecular complexity index is 569. The van der Waals surface area contributed by atoms with E-state index in [2.05, 4.69) is 0 Å². The summed E-state index contributed by atoms with van der Waals surface area (Å²) in [7, 11) is 1.65. The van der Waals surface area contributed by atoms with Crippen molar-refractivity contribution in [2.24, 2.45) is 0 Å². The van der Waals surface area contributed by atoms with Crippen LogP contribution in [-0.2, 0) is 6.61 Å². The van der Waals surface area contributed by atoms with Crippen molar-refractivity contribution in [1.82, 2.24) is 0 Å². The standard InChI is InChI=1S/C16H19NO3/c1-3-19-16-10-14(7-8-15(16)17)20-11-12-5-4-6-13(9-12)18-2/h4-10H,3,11,17H2,1-2H3. The highest BCUT2D eigenvalue weighted by molar-refractivity contribution is 5.55. The SMILES string of the molecule is CCOc1cc(OCc2cccc(OC)c2)ccc1N. The van der Waals surface area contributed by atoms with Crippen LogP contribution in [0, 0.1) is 0 Å². The molecule has 0 bridgehead atoms. The third-order valence-corrected chi connectivity index (χ3v) is 2.82. The molecule has 2 aromatic rings. The van der Waals surface area contributed by atoms with Crippen molar-refractivity contribution < 1.29 is 14.2 Å². The lowest BCUT2D eigenvalue weighted by Crippen LogP contribution is -1.99. The third-order valence-electron chi connectivity index (χ3n) is 2.82. The Labute approximate surface area is 119 Å². The van der Waals surface area contributed by atoms with E-state index in [1.165, 1.54) is 0 Å². The van der Waals surface area contributed by atoms with Crippen molar-refractivity contribution in [2.45, 2.75) is 13.5 Å². The van der Waals surface area contributed by atoms with E-state index in [0.29, 0.717) is 24.7 Å². The predicted molar refractivity (Wildman–Crippen MR) is 79.3 cm³/mol. The summed E-state index contributed by atoms with van der Waals surface area (Å²) in [6.45, 7) is 2.96. The first-order valence-corrected chi connectivity index (χ1v) is 6.51. The lowest BCUT2D eigenvalue weighted by molar-refractivity contribution is 0.299. The van der Waals surface area contributed by atoms with E-state index < -0.39 is 0 Å². The zero-order valence-corrected chi connectivity index (χ0v) is 11.8. The summed E-state index contributed by atoms with van der Waals surface area (Å²) in [6.07, 6.45) is 0. The first kappa shape index (κ1) is 14.1. The van der Waals surface area contributed by atoms with Gasteiger partial charge >= 0.3 is 0 Å². The van der Waals surface area contributed by atoms with Gasteiger partial charge in [0.25, 0.3) is 0 Å². The molecule has 0 saturated carbocycles. The number of hydrogen-bond acceptors (Lipinski definition) is 4. The van der Waals surface area contributed by atoms with E-state index in [-0.39, 0.29) is 0 Å². The Morgan fingerprint density at radius 1 is 1.00 bits per heavy atom.